The van der Waals surface area contributed by atoms with Gasteiger partial charge in [-0.25, -0.2) is 24.5 Å². The highest BCUT2D eigenvalue weighted by atomic mass is 35.5. The molecule has 2 aliphatic carbocycles. The predicted molar refractivity (Wildman–Crippen MR) is 149 cm³/mol. The van der Waals surface area contributed by atoms with Gasteiger partial charge in [-0.1, -0.05) is 35.0 Å². The maximum Gasteiger partial charge on any atom is 0.335 e. The van der Waals surface area contributed by atoms with Crippen molar-refractivity contribution in [3.8, 4) is 0 Å². The summed E-state index contributed by atoms with van der Waals surface area (Å²) in [5, 5.41) is 33.5. The third kappa shape index (κ3) is 6.41. The fourth-order valence-corrected chi connectivity index (χ4v) is 5.98. The van der Waals surface area contributed by atoms with Crippen LogP contribution in [0.3, 0.4) is 0 Å². The molecule has 2 aromatic heterocycles. The summed E-state index contributed by atoms with van der Waals surface area (Å²) >= 11 is 7.58. The van der Waals surface area contributed by atoms with E-state index in [-0.39, 0.29) is 17.3 Å². The molecule has 3 heterocycles. The molecule has 216 valence electrons. The predicted octanol–water partition coefficient (Wildman–Crippen LogP) is 1.37. The summed E-state index contributed by atoms with van der Waals surface area (Å²) in [6.07, 6.45) is 7.20. The second-order valence-electron chi connectivity index (χ2n) is 10.1. The lowest BCUT2D eigenvalue weighted by molar-refractivity contribution is -0.165. The van der Waals surface area contributed by atoms with Crippen LogP contribution >= 0.6 is 23.4 Å². The average molecular weight is 594 g/mol. The molecule has 3 atom stereocenters. The molecular weight excluding hydrogens is 562 g/mol. The van der Waals surface area contributed by atoms with Crippen LogP contribution < -0.4 is 22.1 Å². The lowest BCUT2D eigenvalue weighted by Crippen LogP contribution is -2.48. The topological polar surface area (TPSA) is 235 Å². The number of hydrogen-bond donors (Lipinski definition) is 7. The summed E-state index contributed by atoms with van der Waals surface area (Å²) in [5.41, 5.74) is 20.4. The van der Waals surface area contributed by atoms with Crippen molar-refractivity contribution in [1.82, 2.24) is 15.0 Å². The molecule has 1 saturated carbocycles. The van der Waals surface area contributed by atoms with E-state index in [0.29, 0.717) is 15.9 Å². The van der Waals surface area contributed by atoms with Crippen LogP contribution in [0.1, 0.15) is 32.1 Å². The Morgan fingerprint density at radius 2 is 1.70 bits per heavy atom. The number of carboxylic acid groups (broad SMARTS) is 2. The molecule has 1 saturated heterocycles. The largest absolute Gasteiger partial charge is 0.479 e. The number of hydrogen-bond acceptors (Lipinski definition) is 12. The van der Waals surface area contributed by atoms with E-state index in [9.17, 15) is 9.59 Å². The second-order valence-corrected chi connectivity index (χ2v) is 11.5. The van der Waals surface area contributed by atoms with Gasteiger partial charge in [0.25, 0.3) is 0 Å². The Balaban J connectivity index is 0.000000318. The van der Waals surface area contributed by atoms with Crippen molar-refractivity contribution >= 4 is 52.8 Å². The highest BCUT2D eigenvalue weighted by Crippen LogP contribution is 2.51. The fraction of sp³-hybridized carbons (Fsp3) is 0.480. The Morgan fingerprint density at radius 1 is 1.07 bits per heavy atom. The first-order valence-corrected chi connectivity index (χ1v) is 13.9. The lowest BCUT2D eigenvalue weighted by Gasteiger charge is -2.43. The van der Waals surface area contributed by atoms with E-state index in [4.69, 9.17) is 49.2 Å². The first kappa shape index (κ1) is 29.8. The average Bonchev–Trinajstić information content (AvgIpc) is 3.72. The van der Waals surface area contributed by atoms with Gasteiger partial charge in [-0.05, 0) is 49.5 Å². The first-order chi connectivity index (χ1) is 18.9. The summed E-state index contributed by atoms with van der Waals surface area (Å²) in [6.45, 7) is 1.85. The highest BCUT2D eigenvalue weighted by molar-refractivity contribution is 7.99. The molecule has 2 aromatic rings. The van der Waals surface area contributed by atoms with Crippen LogP contribution in [0.2, 0.25) is 5.02 Å². The van der Waals surface area contributed by atoms with Crippen LogP contribution in [-0.4, -0.2) is 78.7 Å². The van der Waals surface area contributed by atoms with Crippen LogP contribution in [0.5, 0.6) is 0 Å². The number of pyridine rings is 1. The monoisotopic (exact) mass is 593 g/mol. The molecule has 40 heavy (non-hydrogen) atoms. The molecule has 1 aliphatic heterocycles. The number of aromatic nitrogens is 3. The standard InChI is InChI=1S/C21H26ClN7S.C4H6O6/c22-16-14(4-8-26-18(16)24)30-20-19(25)28-15(11-27-20)29-9-6-21(7-10-29)5-3-13(17(21)23)12-1-2-12;5-1(3(7)8)2(6)4(9)10/h3-4,8,11-12,17H,1-2,5-7,9-10,23H2,(H2,24,26)(H2,25,28);1-2,5-6H,(H,7,8)(H,9,10). The SMILES string of the molecule is Nc1nc(N2CCC3(CC=C(C4CC4)C3N)CC2)cnc1Sc1ccnc(N)c1Cl.O=C(O)C(O)C(O)C(=O)O. The van der Waals surface area contributed by atoms with Crippen molar-refractivity contribution in [2.45, 2.75) is 60.3 Å². The number of allylic oxidation sites excluding steroid dienone is 1. The van der Waals surface area contributed by atoms with Crippen molar-refractivity contribution in [3.63, 3.8) is 0 Å². The van der Waals surface area contributed by atoms with Gasteiger partial charge >= 0.3 is 11.9 Å². The van der Waals surface area contributed by atoms with E-state index in [2.05, 4.69) is 25.9 Å². The van der Waals surface area contributed by atoms with Crippen LogP contribution in [0.25, 0.3) is 0 Å². The zero-order chi connectivity index (χ0) is 29.2. The number of nitrogen functional groups attached to an aromatic ring is 2. The number of piperidine rings is 1. The quantitative estimate of drug-likeness (QED) is 0.225. The maximum absolute atomic E-state index is 9.77. The zero-order valence-electron chi connectivity index (χ0n) is 21.5. The zero-order valence-corrected chi connectivity index (χ0v) is 23.1. The summed E-state index contributed by atoms with van der Waals surface area (Å²) in [6, 6.07) is 2.01. The van der Waals surface area contributed by atoms with Crippen molar-refractivity contribution in [2.75, 3.05) is 29.5 Å². The molecule has 2 fully saturated rings. The van der Waals surface area contributed by atoms with Gasteiger partial charge in [-0.3, -0.25) is 0 Å². The van der Waals surface area contributed by atoms with E-state index in [1.54, 1.807) is 18.5 Å². The summed E-state index contributed by atoms with van der Waals surface area (Å²) in [7, 11) is 0. The molecule has 5 rings (SSSR count). The van der Waals surface area contributed by atoms with Gasteiger partial charge in [-0.15, -0.1) is 0 Å². The van der Waals surface area contributed by atoms with E-state index < -0.39 is 24.1 Å². The second kappa shape index (κ2) is 12.1. The molecule has 15 heteroatoms. The van der Waals surface area contributed by atoms with E-state index in [1.165, 1.54) is 30.2 Å². The molecular formula is C25H32ClN7O6S. The van der Waals surface area contributed by atoms with Crippen molar-refractivity contribution in [3.05, 3.63) is 35.1 Å². The fourth-order valence-electron chi connectivity index (χ4n) is 4.97. The molecule has 0 aromatic carbocycles. The van der Waals surface area contributed by atoms with Gasteiger partial charge < -0.3 is 42.5 Å². The molecule has 0 bridgehead atoms. The summed E-state index contributed by atoms with van der Waals surface area (Å²) < 4.78 is 0. The third-order valence-corrected chi connectivity index (χ3v) is 9.12. The van der Waals surface area contributed by atoms with Gasteiger partial charge in [-0.2, -0.15) is 0 Å². The van der Waals surface area contributed by atoms with Gasteiger partial charge in [0.05, 0.1) is 11.2 Å². The van der Waals surface area contributed by atoms with Crippen molar-refractivity contribution in [1.29, 1.82) is 0 Å². The molecule has 0 amide bonds. The highest BCUT2D eigenvalue weighted by Gasteiger charge is 2.47. The summed E-state index contributed by atoms with van der Waals surface area (Å²) in [4.78, 5) is 35.7. The molecule has 1 spiro atoms. The van der Waals surface area contributed by atoms with E-state index in [1.807, 2.05) is 0 Å². The van der Waals surface area contributed by atoms with E-state index >= 15 is 0 Å². The Hall–Kier alpha value is -3.17. The Kier molecular flexibility index (Phi) is 9.05. The number of rotatable bonds is 7. The Bertz CT molecular complexity index is 1280. The van der Waals surface area contributed by atoms with E-state index in [0.717, 1.165) is 49.0 Å². The molecule has 10 N–H and O–H groups in total. The number of nitrogens with two attached hydrogens (primary N) is 3. The Labute approximate surface area is 239 Å². The summed E-state index contributed by atoms with van der Waals surface area (Å²) in [5.74, 6) is -1.29. The molecule has 3 aliphatic rings. The lowest BCUT2D eigenvalue weighted by atomic mass is 9.72. The van der Waals surface area contributed by atoms with Crippen LogP contribution in [0.4, 0.5) is 17.5 Å². The third-order valence-electron chi connectivity index (χ3n) is 7.54. The smallest absolute Gasteiger partial charge is 0.335 e. The number of nitrogens with zero attached hydrogens (tertiary/aromatic N) is 4. The molecule has 13 nitrogen and oxygen atoms in total. The number of aliphatic carboxylic acids is 2. The number of aliphatic hydroxyl groups is 2. The number of aliphatic hydroxyl groups excluding tert-OH is 2. The van der Waals surface area contributed by atoms with Crippen LogP contribution in [0.15, 0.2) is 40.0 Å². The van der Waals surface area contributed by atoms with Gasteiger partial charge in [0.1, 0.15) is 16.7 Å². The minimum Gasteiger partial charge on any atom is -0.479 e. The normalized spacial score (nSPS) is 21.2. The minimum atomic E-state index is -2.27. The number of halogens is 1. The number of carboxylic acids is 2. The maximum atomic E-state index is 9.77. The first-order valence-electron chi connectivity index (χ1n) is 12.7. The van der Waals surface area contributed by atoms with Gasteiger partial charge in [0.15, 0.2) is 18.0 Å². The number of carbonyl (C=O) groups is 2. The van der Waals surface area contributed by atoms with Crippen molar-refractivity contribution < 1.29 is 30.0 Å². The minimum absolute atomic E-state index is 0.222. The van der Waals surface area contributed by atoms with Crippen LogP contribution in [0, 0.1) is 11.3 Å². The molecule has 3 unspecified atom stereocenters. The van der Waals surface area contributed by atoms with Gasteiger partial charge in [0.2, 0.25) is 0 Å². The molecule has 0 radical (unpaired) electrons. The van der Waals surface area contributed by atoms with Gasteiger partial charge in [0, 0.05) is 30.2 Å². The number of anilines is 3. The Morgan fingerprint density at radius 3 is 2.25 bits per heavy atom. The van der Waals surface area contributed by atoms with Crippen LogP contribution in [-0.2, 0) is 9.59 Å². The van der Waals surface area contributed by atoms with Crippen molar-refractivity contribution in [2.24, 2.45) is 17.1 Å².